The van der Waals surface area contributed by atoms with Crippen molar-refractivity contribution in [3.05, 3.63) is 34.9 Å². The Balaban J connectivity index is 2.12. The van der Waals surface area contributed by atoms with Gasteiger partial charge in [-0.25, -0.2) is 4.79 Å². The normalized spacial score (nSPS) is 12.4. The average molecular weight is 257 g/mol. The highest BCUT2D eigenvalue weighted by Gasteiger charge is 2.11. The smallest absolute Gasteiger partial charge is 0.332 e. The van der Waals surface area contributed by atoms with Gasteiger partial charge in [0.2, 0.25) is 0 Å². The van der Waals surface area contributed by atoms with Crippen molar-refractivity contribution < 1.29 is 15.0 Å². The van der Waals surface area contributed by atoms with E-state index in [-0.39, 0.29) is 0 Å². The first-order valence-electron chi connectivity index (χ1n) is 5.75. The number of aliphatic carboxylic acids is 1. The van der Waals surface area contributed by atoms with Gasteiger partial charge in [0.15, 0.2) is 6.10 Å². The first-order valence-corrected chi connectivity index (χ1v) is 6.12. The number of carboxylic acid groups (broad SMARTS) is 1. The highest BCUT2D eigenvalue weighted by molar-refractivity contribution is 6.30. The van der Waals surface area contributed by atoms with Crippen LogP contribution in [0.2, 0.25) is 5.02 Å². The Morgan fingerprint density at radius 3 is 2.41 bits per heavy atom. The molecule has 0 amide bonds. The maximum atomic E-state index is 10.4. The number of benzene rings is 1. The number of aryl methyl sites for hydroxylation is 1. The summed E-state index contributed by atoms with van der Waals surface area (Å²) in [7, 11) is 0. The second-order valence-electron chi connectivity index (χ2n) is 4.08. The van der Waals surface area contributed by atoms with E-state index in [2.05, 4.69) is 0 Å². The van der Waals surface area contributed by atoms with Crippen LogP contribution in [0, 0.1) is 0 Å². The Morgan fingerprint density at radius 1 is 1.18 bits per heavy atom. The third-order valence-electron chi connectivity index (χ3n) is 2.64. The monoisotopic (exact) mass is 256 g/mol. The van der Waals surface area contributed by atoms with Crippen LogP contribution in [0.1, 0.15) is 31.2 Å². The molecule has 17 heavy (non-hydrogen) atoms. The summed E-state index contributed by atoms with van der Waals surface area (Å²) in [6.45, 7) is 0. The van der Waals surface area contributed by atoms with Crippen molar-refractivity contribution in [3.63, 3.8) is 0 Å². The molecule has 1 aromatic carbocycles. The van der Waals surface area contributed by atoms with Crippen LogP contribution in [-0.2, 0) is 11.2 Å². The molecule has 0 saturated heterocycles. The number of carboxylic acids is 1. The van der Waals surface area contributed by atoms with Gasteiger partial charge in [0, 0.05) is 5.02 Å². The molecule has 0 bridgehead atoms. The van der Waals surface area contributed by atoms with Crippen LogP contribution in [-0.4, -0.2) is 22.3 Å². The Morgan fingerprint density at radius 2 is 1.82 bits per heavy atom. The van der Waals surface area contributed by atoms with Crippen LogP contribution in [0.15, 0.2) is 24.3 Å². The summed E-state index contributed by atoms with van der Waals surface area (Å²) < 4.78 is 0. The zero-order valence-corrected chi connectivity index (χ0v) is 10.4. The molecule has 1 atom stereocenters. The van der Waals surface area contributed by atoms with Gasteiger partial charge in [0.25, 0.3) is 0 Å². The number of aliphatic hydroxyl groups excluding tert-OH is 1. The third kappa shape index (κ3) is 5.71. The zero-order chi connectivity index (χ0) is 12.7. The third-order valence-corrected chi connectivity index (χ3v) is 2.89. The molecule has 0 fully saturated rings. The van der Waals surface area contributed by atoms with Crippen molar-refractivity contribution >= 4 is 17.6 Å². The number of aliphatic hydroxyl groups is 1. The highest BCUT2D eigenvalue weighted by Crippen LogP contribution is 2.13. The molecule has 0 spiro atoms. The number of rotatable bonds is 7. The molecular weight excluding hydrogens is 240 g/mol. The van der Waals surface area contributed by atoms with E-state index in [0.29, 0.717) is 6.42 Å². The quantitative estimate of drug-likeness (QED) is 0.738. The predicted molar refractivity (Wildman–Crippen MR) is 67.3 cm³/mol. The van der Waals surface area contributed by atoms with Crippen LogP contribution in [0.5, 0.6) is 0 Å². The minimum absolute atomic E-state index is 0.329. The molecule has 0 aliphatic heterocycles. The molecule has 1 rings (SSSR count). The van der Waals surface area contributed by atoms with E-state index >= 15 is 0 Å². The van der Waals surface area contributed by atoms with Gasteiger partial charge in [-0.2, -0.15) is 0 Å². The van der Waals surface area contributed by atoms with Gasteiger partial charge in [-0.15, -0.1) is 0 Å². The van der Waals surface area contributed by atoms with Gasteiger partial charge in [-0.1, -0.05) is 36.6 Å². The second-order valence-corrected chi connectivity index (χ2v) is 4.52. The molecule has 3 nitrogen and oxygen atoms in total. The molecule has 1 unspecified atom stereocenters. The number of hydrogen-bond acceptors (Lipinski definition) is 2. The summed E-state index contributed by atoms with van der Waals surface area (Å²) in [5.74, 6) is -1.14. The van der Waals surface area contributed by atoms with Crippen molar-refractivity contribution in [1.82, 2.24) is 0 Å². The SMILES string of the molecule is O=C(O)C(O)CCCCCc1ccc(Cl)cc1. The summed E-state index contributed by atoms with van der Waals surface area (Å²) >= 11 is 5.78. The lowest BCUT2D eigenvalue weighted by Crippen LogP contribution is -2.18. The molecule has 0 aliphatic carbocycles. The highest BCUT2D eigenvalue weighted by atomic mass is 35.5. The van der Waals surface area contributed by atoms with Gasteiger partial charge in [0.1, 0.15) is 0 Å². The van der Waals surface area contributed by atoms with Crippen LogP contribution in [0.4, 0.5) is 0 Å². The molecule has 94 valence electrons. The standard InChI is InChI=1S/C13H17ClO3/c14-11-8-6-10(7-9-11)4-2-1-3-5-12(15)13(16)17/h6-9,12,15H,1-5H2,(H,16,17). The lowest BCUT2D eigenvalue weighted by atomic mass is 10.0. The number of halogens is 1. The van der Waals surface area contributed by atoms with E-state index in [1.807, 2.05) is 24.3 Å². The Bertz CT molecular complexity index is 348. The number of carbonyl (C=O) groups is 1. The van der Waals surface area contributed by atoms with Crippen molar-refractivity contribution in [1.29, 1.82) is 0 Å². The predicted octanol–water partition coefficient (Wildman–Crippen LogP) is 2.89. The van der Waals surface area contributed by atoms with E-state index < -0.39 is 12.1 Å². The van der Waals surface area contributed by atoms with E-state index in [1.54, 1.807) is 0 Å². The van der Waals surface area contributed by atoms with E-state index in [0.717, 1.165) is 30.7 Å². The molecule has 1 aromatic rings. The Hall–Kier alpha value is -1.06. The first-order chi connectivity index (χ1) is 8.09. The Labute approximate surface area is 106 Å². The van der Waals surface area contributed by atoms with Crippen LogP contribution >= 0.6 is 11.6 Å². The largest absolute Gasteiger partial charge is 0.479 e. The van der Waals surface area contributed by atoms with Crippen molar-refractivity contribution in [3.8, 4) is 0 Å². The molecule has 0 aromatic heterocycles. The summed E-state index contributed by atoms with van der Waals surface area (Å²) in [4.78, 5) is 10.4. The van der Waals surface area contributed by atoms with Gasteiger partial charge >= 0.3 is 5.97 Å². The maximum Gasteiger partial charge on any atom is 0.332 e. The van der Waals surface area contributed by atoms with Crippen LogP contribution in [0.25, 0.3) is 0 Å². The summed E-state index contributed by atoms with van der Waals surface area (Å²) in [5, 5.41) is 18.3. The van der Waals surface area contributed by atoms with E-state index in [4.69, 9.17) is 21.8 Å². The minimum Gasteiger partial charge on any atom is -0.479 e. The molecule has 0 saturated carbocycles. The van der Waals surface area contributed by atoms with E-state index in [1.165, 1.54) is 5.56 Å². The van der Waals surface area contributed by atoms with Crippen molar-refractivity contribution in [2.24, 2.45) is 0 Å². The first kappa shape index (κ1) is 14.0. The fourth-order valence-electron chi connectivity index (χ4n) is 1.62. The fourth-order valence-corrected chi connectivity index (χ4v) is 1.74. The van der Waals surface area contributed by atoms with Gasteiger partial charge in [-0.05, 0) is 37.0 Å². The van der Waals surface area contributed by atoms with Crippen molar-refractivity contribution in [2.45, 2.75) is 38.2 Å². The molecule has 0 aliphatic rings. The number of unbranched alkanes of at least 4 members (excludes halogenated alkanes) is 2. The Kier molecular flexibility index (Phi) is 6.01. The molecule has 2 N–H and O–H groups in total. The van der Waals surface area contributed by atoms with Crippen LogP contribution < -0.4 is 0 Å². The lowest BCUT2D eigenvalue weighted by Gasteiger charge is -2.05. The molecule has 4 heteroatoms. The van der Waals surface area contributed by atoms with E-state index in [9.17, 15) is 4.79 Å². The maximum absolute atomic E-state index is 10.4. The minimum atomic E-state index is -1.22. The zero-order valence-electron chi connectivity index (χ0n) is 9.60. The van der Waals surface area contributed by atoms with Gasteiger partial charge < -0.3 is 10.2 Å². The van der Waals surface area contributed by atoms with Gasteiger partial charge in [-0.3, -0.25) is 0 Å². The molecule has 0 heterocycles. The lowest BCUT2D eigenvalue weighted by molar-refractivity contribution is -0.146. The fraction of sp³-hybridized carbons (Fsp3) is 0.462. The van der Waals surface area contributed by atoms with Gasteiger partial charge in [0.05, 0.1) is 0 Å². The molecule has 0 radical (unpaired) electrons. The van der Waals surface area contributed by atoms with Crippen LogP contribution in [0.3, 0.4) is 0 Å². The number of hydrogen-bond donors (Lipinski definition) is 2. The van der Waals surface area contributed by atoms with Crippen molar-refractivity contribution in [2.75, 3.05) is 0 Å². The summed E-state index contributed by atoms with van der Waals surface area (Å²) in [6, 6.07) is 7.72. The average Bonchev–Trinajstić information content (AvgIpc) is 2.30. The summed E-state index contributed by atoms with van der Waals surface area (Å²) in [5.41, 5.74) is 1.23. The topological polar surface area (TPSA) is 57.5 Å². The summed E-state index contributed by atoms with van der Waals surface area (Å²) in [6.07, 6.45) is 2.73. The second kappa shape index (κ2) is 7.30. The molecular formula is C13H17ClO3.